The zero-order valence-corrected chi connectivity index (χ0v) is 13.6. The predicted molar refractivity (Wildman–Crippen MR) is 81.3 cm³/mol. The smallest absolute Gasteiger partial charge is 0.0518 e. The van der Waals surface area contributed by atoms with Crippen molar-refractivity contribution in [1.82, 2.24) is 5.32 Å². The van der Waals surface area contributed by atoms with Gasteiger partial charge in [-0.15, -0.1) is 0 Å². The molecular weight excluding hydrogens is 234 g/mol. The first-order valence-electron chi connectivity index (χ1n) is 8.21. The van der Waals surface area contributed by atoms with Gasteiger partial charge in [-0.05, 0) is 69.2 Å². The van der Waals surface area contributed by atoms with Crippen LogP contribution >= 0.6 is 0 Å². The number of hydrogen-bond acceptors (Lipinski definition) is 2. The summed E-state index contributed by atoms with van der Waals surface area (Å²) in [7, 11) is 0. The summed E-state index contributed by atoms with van der Waals surface area (Å²) in [5, 5.41) is 3.88. The SMILES string of the molecule is CC(C)OCCCCNC1C2(C)CCC(C2)C1(C)C. The van der Waals surface area contributed by atoms with Gasteiger partial charge in [0.1, 0.15) is 0 Å². The van der Waals surface area contributed by atoms with Crippen LogP contribution in [0.25, 0.3) is 0 Å². The molecule has 2 nitrogen and oxygen atoms in total. The van der Waals surface area contributed by atoms with E-state index in [1.165, 1.54) is 32.1 Å². The van der Waals surface area contributed by atoms with Crippen molar-refractivity contribution < 1.29 is 4.74 Å². The second-order valence-corrected chi connectivity index (χ2v) is 7.93. The molecule has 0 aliphatic heterocycles. The molecule has 0 aromatic rings. The highest BCUT2D eigenvalue weighted by Gasteiger charge is 2.58. The van der Waals surface area contributed by atoms with Gasteiger partial charge in [0.15, 0.2) is 0 Å². The van der Waals surface area contributed by atoms with E-state index >= 15 is 0 Å². The van der Waals surface area contributed by atoms with Crippen molar-refractivity contribution in [2.45, 2.75) is 78.9 Å². The van der Waals surface area contributed by atoms with E-state index in [1.54, 1.807) is 0 Å². The molecule has 1 N–H and O–H groups in total. The minimum absolute atomic E-state index is 0.372. The molecule has 0 aromatic carbocycles. The number of nitrogens with one attached hydrogen (secondary N) is 1. The summed E-state index contributed by atoms with van der Waals surface area (Å²) in [6.07, 6.45) is 7.10. The molecule has 0 aromatic heterocycles. The highest BCUT2D eigenvalue weighted by Crippen LogP contribution is 2.62. The molecule has 3 unspecified atom stereocenters. The maximum atomic E-state index is 5.60. The fraction of sp³-hybridized carbons (Fsp3) is 1.00. The highest BCUT2D eigenvalue weighted by atomic mass is 16.5. The monoisotopic (exact) mass is 267 g/mol. The predicted octanol–water partition coefficient (Wildman–Crippen LogP) is 4.00. The molecule has 0 heterocycles. The van der Waals surface area contributed by atoms with Crippen LogP contribution in [0.15, 0.2) is 0 Å². The summed E-state index contributed by atoms with van der Waals surface area (Å²) in [5.41, 5.74) is 1.05. The lowest BCUT2D eigenvalue weighted by atomic mass is 9.68. The van der Waals surface area contributed by atoms with Crippen molar-refractivity contribution in [3.8, 4) is 0 Å². The van der Waals surface area contributed by atoms with Crippen LogP contribution in [0.2, 0.25) is 0 Å². The number of hydrogen-bond donors (Lipinski definition) is 1. The first kappa shape index (κ1) is 15.3. The van der Waals surface area contributed by atoms with Gasteiger partial charge in [0.25, 0.3) is 0 Å². The summed E-state index contributed by atoms with van der Waals surface area (Å²) >= 11 is 0. The van der Waals surface area contributed by atoms with Gasteiger partial charge in [0.2, 0.25) is 0 Å². The van der Waals surface area contributed by atoms with Gasteiger partial charge in [0.05, 0.1) is 6.10 Å². The minimum Gasteiger partial charge on any atom is -0.379 e. The molecule has 3 atom stereocenters. The average molecular weight is 267 g/mol. The van der Waals surface area contributed by atoms with Crippen LogP contribution in [0.1, 0.15) is 66.7 Å². The van der Waals surface area contributed by atoms with E-state index in [2.05, 4.69) is 39.9 Å². The lowest BCUT2D eigenvalue weighted by Crippen LogP contribution is -2.50. The third-order valence-corrected chi connectivity index (χ3v) is 5.64. The number of fused-ring (bicyclic) bond motifs is 2. The number of rotatable bonds is 7. The van der Waals surface area contributed by atoms with Crippen molar-refractivity contribution in [1.29, 1.82) is 0 Å². The maximum absolute atomic E-state index is 5.60. The van der Waals surface area contributed by atoms with E-state index in [4.69, 9.17) is 4.74 Å². The summed E-state index contributed by atoms with van der Waals surface area (Å²) in [4.78, 5) is 0. The van der Waals surface area contributed by atoms with Gasteiger partial charge in [-0.1, -0.05) is 20.8 Å². The molecule has 0 amide bonds. The Morgan fingerprint density at radius 3 is 2.53 bits per heavy atom. The van der Waals surface area contributed by atoms with E-state index in [9.17, 15) is 0 Å². The van der Waals surface area contributed by atoms with Crippen LogP contribution < -0.4 is 5.32 Å². The first-order chi connectivity index (χ1) is 8.86. The molecule has 2 fully saturated rings. The zero-order chi connectivity index (χ0) is 14.1. The standard InChI is InChI=1S/C17H33NO/c1-13(2)19-11-7-6-10-18-15-16(3,4)14-8-9-17(15,5)12-14/h13-15,18H,6-12H2,1-5H3. The Hall–Kier alpha value is -0.0800. The molecule has 0 spiro atoms. The van der Waals surface area contributed by atoms with Crippen molar-refractivity contribution in [2.24, 2.45) is 16.7 Å². The maximum Gasteiger partial charge on any atom is 0.0518 e. The second kappa shape index (κ2) is 5.73. The molecule has 0 saturated heterocycles. The largest absolute Gasteiger partial charge is 0.379 e. The van der Waals surface area contributed by atoms with Crippen LogP contribution in [0.5, 0.6) is 0 Å². The van der Waals surface area contributed by atoms with Crippen molar-refractivity contribution >= 4 is 0 Å². The first-order valence-corrected chi connectivity index (χ1v) is 8.21. The summed E-state index contributed by atoms with van der Waals surface area (Å²) in [6.45, 7) is 13.7. The third kappa shape index (κ3) is 3.16. The number of unbranched alkanes of at least 4 members (excludes halogenated alkanes) is 1. The van der Waals surface area contributed by atoms with E-state index in [-0.39, 0.29) is 0 Å². The van der Waals surface area contributed by atoms with E-state index in [0.29, 0.717) is 23.0 Å². The fourth-order valence-corrected chi connectivity index (χ4v) is 4.60. The Bertz CT molecular complexity index is 295. The van der Waals surface area contributed by atoms with E-state index in [0.717, 1.165) is 19.1 Å². The molecule has 2 saturated carbocycles. The number of ether oxygens (including phenoxy) is 1. The van der Waals surface area contributed by atoms with Crippen molar-refractivity contribution in [2.75, 3.05) is 13.2 Å². The molecule has 112 valence electrons. The Morgan fingerprint density at radius 1 is 1.21 bits per heavy atom. The third-order valence-electron chi connectivity index (χ3n) is 5.64. The molecule has 2 rings (SSSR count). The van der Waals surface area contributed by atoms with Gasteiger partial charge in [-0.25, -0.2) is 0 Å². The minimum atomic E-state index is 0.372. The molecule has 2 aliphatic carbocycles. The van der Waals surface area contributed by atoms with Crippen molar-refractivity contribution in [3.63, 3.8) is 0 Å². The highest BCUT2D eigenvalue weighted by molar-refractivity contribution is 5.11. The van der Waals surface area contributed by atoms with Gasteiger partial charge in [-0.2, -0.15) is 0 Å². The van der Waals surface area contributed by atoms with Gasteiger partial charge in [0, 0.05) is 12.6 Å². The van der Waals surface area contributed by atoms with Crippen LogP contribution in [-0.4, -0.2) is 25.3 Å². The van der Waals surface area contributed by atoms with Crippen LogP contribution in [-0.2, 0) is 4.74 Å². The van der Waals surface area contributed by atoms with Gasteiger partial charge >= 0.3 is 0 Å². The van der Waals surface area contributed by atoms with E-state index in [1.807, 2.05) is 0 Å². The normalized spacial score (nSPS) is 36.3. The summed E-state index contributed by atoms with van der Waals surface area (Å²) in [5.74, 6) is 0.944. The second-order valence-electron chi connectivity index (χ2n) is 7.93. The Morgan fingerprint density at radius 2 is 1.95 bits per heavy atom. The topological polar surface area (TPSA) is 21.3 Å². The van der Waals surface area contributed by atoms with Gasteiger partial charge < -0.3 is 10.1 Å². The summed E-state index contributed by atoms with van der Waals surface area (Å²) < 4.78 is 5.60. The van der Waals surface area contributed by atoms with Crippen LogP contribution in [0, 0.1) is 16.7 Å². The lowest BCUT2D eigenvalue weighted by Gasteiger charge is -2.43. The molecule has 0 radical (unpaired) electrons. The molecule has 2 heteroatoms. The molecular formula is C17H33NO. The Kier molecular flexibility index (Phi) is 4.62. The molecule has 19 heavy (non-hydrogen) atoms. The zero-order valence-electron chi connectivity index (χ0n) is 13.6. The average Bonchev–Trinajstić information content (AvgIpc) is 2.77. The molecule has 2 bridgehead atoms. The molecule has 2 aliphatic rings. The summed E-state index contributed by atoms with van der Waals surface area (Å²) in [6, 6.07) is 0.713. The van der Waals surface area contributed by atoms with Crippen LogP contribution in [0.3, 0.4) is 0 Å². The van der Waals surface area contributed by atoms with Gasteiger partial charge in [-0.3, -0.25) is 0 Å². The lowest BCUT2D eigenvalue weighted by molar-refractivity contribution is 0.0740. The Balaban J connectivity index is 1.71. The quantitative estimate of drug-likeness (QED) is 0.704. The Labute approximate surface area is 119 Å². The van der Waals surface area contributed by atoms with E-state index < -0.39 is 0 Å². The fourth-order valence-electron chi connectivity index (χ4n) is 4.60. The van der Waals surface area contributed by atoms with Crippen molar-refractivity contribution in [3.05, 3.63) is 0 Å². The van der Waals surface area contributed by atoms with Crippen LogP contribution in [0.4, 0.5) is 0 Å².